The highest BCUT2D eigenvalue weighted by Gasteiger charge is 2.14. The van der Waals surface area contributed by atoms with E-state index in [1.165, 1.54) is 7.11 Å². The molecule has 0 spiro atoms. The Labute approximate surface area is 118 Å². The molecule has 1 aromatic heterocycles. The fraction of sp³-hybridized carbons (Fsp3) is 0.250. The van der Waals surface area contributed by atoms with Crippen LogP contribution in [0, 0.1) is 6.92 Å². The van der Waals surface area contributed by atoms with E-state index in [0.29, 0.717) is 5.56 Å². The van der Waals surface area contributed by atoms with Crippen LogP contribution in [0.2, 0.25) is 0 Å². The first-order chi connectivity index (χ1) is 9.61. The molecule has 2 rings (SSSR count). The zero-order valence-electron chi connectivity index (χ0n) is 11.9. The maximum absolute atomic E-state index is 11.8. The number of benzene rings is 1. The molecule has 1 aromatic carbocycles. The van der Waals surface area contributed by atoms with Gasteiger partial charge in [0.25, 0.3) is 0 Å². The van der Waals surface area contributed by atoms with Gasteiger partial charge in [0.2, 0.25) is 0 Å². The van der Waals surface area contributed by atoms with Crippen LogP contribution in [0.4, 0.5) is 5.69 Å². The van der Waals surface area contributed by atoms with Crippen molar-refractivity contribution in [1.82, 2.24) is 4.98 Å². The molecule has 0 radical (unpaired) electrons. The van der Waals surface area contributed by atoms with Crippen molar-refractivity contribution in [3.05, 3.63) is 59.4 Å². The number of carbonyl (C=O) groups excluding carboxylic acids is 1. The van der Waals surface area contributed by atoms with Gasteiger partial charge in [-0.3, -0.25) is 4.98 Å². The first-order valence-corrected chi connectivity index (χ1v) is 6.48. The van der Waals surface area contributed by atoms with Crippen molar-refractivity contribution in [2.24, 2.45) is 0 Å². The summed E-state index contributed by atoms with van der Waals surface area (Å²) < 4.78 is 4.82. The second kappa shape index (κ2) is 6.19. The third kappa shape index (κ3) is 3.15. The van der Waals surface area contributed by atoms with Gasteiger partial charge in [-0.15, -0.1) is 0 Å². The summed E-state index contributed by atoms with van der Waals surface area (Å²) in [5.74, 6) is -0.343. The molecule has 0 bridgehead atoms. The van der Waals surface area contributed by atoms with E-state index in [9.17, 15) is 4.79 Å². The van der Waals surface area contributed by atoms with E-state index in [2.05, 4.69) is 10.3 Å². The molecule has 2 aromatic rings. The van der Waals surface area contributed by atoms with Crippen molar-refractivity contribution in [3.63, 3.8) is 0 Å². The fourth-order valence-electron chi connectivity index (χ4n) is 2.00. The highest BCUT2D eigenvalue weighted by Crippen LogP contribution is 2.23. The van der Waals surface area contributed by atoms with Gasteiger partial charge in [0.05, 0.1) is 24.4 Å². The standard InChI is InChI=1S/C16H18N2O2/c1-11-7-8-15(13(10-11)16(19)20-3)18-12(2)14-6-4-5-9-17-14/h4-10,12,18H,1-3H3. The summed E-state index contributed by atoms with van der Waals surface area (Å²) in [7, 11) is 1.39. The largest absolute Gasteiger partial charge is 0.465 e. The van der Waals surface area contributed by atoms with Crippen LogP contribution < -0.4 is 5.32 Å². The van der Waals surface area contributed by atoms with Crippen LogP contribution in [0.15, 0.2) is 42.6 Å². The van der Waals surface area contributed by atoms with E-state index < -0.39 is 0 Å². The SMILES string of the molecule is COC(=O)c1cc(C)ccc1NC(C)c1ccccn1. The molecular weight excluding hydrogens is 252 g/mol. The summed E-state index contributed by atoms with van der Waals surface area (Å²) in [6.07, 6.45) is 1.75. The molecule has 0 fully saturated rings. The van der Waals surface area contributed by atoms with Gasteiger partial charge in [0, 0.05) is 11.9 Å². The van der Waals surface area contributed by atoms with Crippen LogP contribution in [0.5, 0.6) is 0 Å². The maximum atomic E-state index is 11.8. The molecule has 104 valence electrons. The van der Waals surface area contributed by atoms with Gasteiger partial charge in [0.1, 0.15) is 0 Å². The second-order valence-corrected chi connectivity index (χ2v) is 4.66. The van der Waals surface area contributed by atoms with Crippen molar-refractivity contribution in [2.75, 3.05) is 12.4 Å². The highest BCUT2D eigenvalue weighted by molar-refractivity contribution is 5.95. The number of carbonyl (C=O) groups is 1. The van der Waals surface area contributed by atoms with E-state index >= 15 is 0 Å². The zero-order valence-corrected chi connectivity index (χ0v) is 11.9. The Morgan fingerprint density at radius 1 is 1.30 bits per heavy atom. The number of anilines is 1. The number of esters is 1. The Balaban J connectivity index is 2.27. The third-order valence-corrected chi connectivity index (χ3v) is 3.08. The van der Waals surface area contributed by atoms with Gasteiger partial charge in [-0.2, -0.15) is 0 Å². The second-order valence-electron chi connectivity index (χ2n) is 4.66. The lowest BCUT2D eigenvalue weighted by Gasteiger charge is -2.17. The van der Waals surface area contributed by atoms with Gasteiger partial charge >= 0.3 is 5.97 Å². The normalized spacial score (nSPS) is 11.8. The molecule has 1 N–H and O–H groups in total. The van der Waals surface area contributed by atoms with E-state index in [-0.39, 0.29) is 12.0 Å². The molecule has 4 heteroatoms. The number of aromatic nitrogens is 1. The van der Waals surface area contributed by atoms with Gasteiger partial charge in [0.15, 0.2) is 0 Å². The molecule has 1 atom stereocenters. The van der Waals surface area contributed by atoms with Crippen molar-refractivity contribution in [1.29, 1.82) is 0 Å². The molecule has 4 nitrogen and oxygen atoms in total. The molecule has 20 heavy (non-hydrogen) atoms. The summed E-state index contributed by atoms with van der Waals surface area (Å²) in [6, 6.07) is 11.4. The predicted molar refractivity (Wildman–Crippen MR) is 78.8 cm³/mol. The minimum Gasteiger partial charge on any atom is -0.465 e. The smallest absolute Gasteiger partial charge is 0.339 e. The minimum atomic E-state index is -0.343. The first kappa shape index (κ1) is 14.1. The molecule has 0 saturated carbocycles. The number of aryl methyl sites for hydroxylation is 1. The van der Waals surface area contributed by atoms with Crippen molar-refractivity contribution >= 4 is 11.7 Å². The molecule has 0 saturated heterocycles. The monoisotopic (exact) mass is 270 g/mol. The zero-order chi connectivity index (χ0) is 14.5. The Kier molecular flexibility index (Phi) is 4.35. The first-order valence-electron chi connectivity index (χ1n) is 6.48. The van der Waals surface area contributed by atoms with Gasteiger partial charge in [-0.05, 0) is 38.1 Å². The summed E-state index contributed by atoms with van der Waals surface area (Å²) in [4.78, 5) is 16.1. The Morgan fingerprint density at radius 2 is 2.10 bits per heavy atom. The number of nitrogens with one attached hydrogen (secondary N) is 1. The van der Waals surface area contributed by atoms with Crippen LogP contribution in [0.1, 0.15) is 34.6 Å². The summed E-state index contributed by atoms with van der Waals surface area (Å²) in [5.41, 5.74) is 3.22. The highest BCUT2D eigenvalue weighted by atomic mass is 16.5. The van der Waals surface area contributed by atoms with Crippen LogP contribution in [0.3, 0.4) is 0 Å². The van der Waals surface area contributed by atoms with Crippen LogP contribution in [0.25, 0.3) is 0 Å². The summed E-state index contributed by atoms with van der Waals surface area (Å²) in [6.45, 7) is 3.95. The number of pyridine rings is 1. The number of hydrogen-bond donors (Lipinski definition) is 1. The van der Waals surface area contributed by atoms with E-state index in [1.807, 2.05) is 50.2 Å². The van der Waals surface area contributed by atoms with E-state index in [4.69, 9.17) is 4.74 Å². The minimum absolute atomic E-state index is 0.00214. The van der Waals surface area contributed by atoms with Crippen LogP contribution in [-0.4, -0.2) is 18.1 Å². The Bertz CT molecular complexity index is 597. The average Bonchev–Trinajstić information content (AvgIpc) is 2.49. The molecule has 0 aliphatic heterocycles. The lowest BCUT2D eigenvalue weighted by molar-refractivity contribution is 0.0601. The molecule has 1 unspecified atom stereocenters. The lowest BCUT2D eigenvalue weighted by atomic mass is 10.1. The van der Waals surface area contributed by atoms with Crippen LogP contribution in [-0.2, 0) is 4.74 Å². The number of ether oxygens (including phenoxy) is 1. The van der Waals surface area contributed by atoms with Crippen molar-refractivity contribution in [2.45, 2.75) is 19.9 Å². The quantitative estimate of drug-likeness (QED) is 0.866. The van der Waals surface area contributed by atoms with E-state index in [1.54, 1.807) is 6.20 Å². The molecule has 1 heterocycles. The Morgan fingerprint density at radius 3 is 2.75 bits per heavy atom. The van der Waals surface area contributed by atoms with Crippen molar-refractivity contribution in [3.8, 4) is 0 Å². The van der Waals surface area contributed by atoms with Crippen molar-refractivity contribution < 1.29 is 9.53 Å². The maximum Gasteiger partial charge on any atom is 0.339 e. The van der Waals surface area contributed by atoms with Crippen LogP contribution >= 0.6 is 0 Å². The predicted octanol–water partition coefficient (Wildman–Crippen LogP) is 3.35. The molecule has 0 aliphatic carbocycles. The average molecular weight is 270 g/mol. The Hall–Kier alpha value is -2.36. The topological polar surface area (TPSA) is 51.2 Å². The summed E-state index contributed by atoms with van der Waals surface area (Å²) >= 11 is 0. The van der Waals surface area contributed by atoms with Gasteiger partial charge in [-0.1, -0.05) is 17.7 Å². The number of methoxy groups -OCH3 is 1. The molecule has 0 amide bonds. The van der Waals surface area contributed by atoms with E-state index in [0.717, 1.165) is 16.9 Å². The number of hydrogen-bond acceptors (Lipinski definition) is 4. The van der Waals surface area contributed by atoms with Gasteiger partial charge < -0.3 is 10.1 Å². The lowest BCUT2D eigenvalue weighted by Crippen LogP contribution is -2.12. The fourth-order valence-corrected chi connectivity index (χ4v) is 2.00. The number of nitrogens with zero attached hydrogens (tertiary/aromatic N) is 1. The van der Waals surface area contributed by atoms with Gasteiger partial charge in [-0.25, -0.2) is 4.79 Å². The molecule has 0 aliphatic rings. The molecular formula is C16H18N2O2. The third-order valence-electron chi connectivity index (χ3n) is 3.08. The summed E-state index contributed by atoms with van der Waals surface area (Å²) in [5, 5.41) is 3.31. The number of rotatable bonds is 4.